The van der Waals surface area contributed by atoms with Gasteiger partial charge in [-0.05, 0) is 65.4 Å². The Morgan fingerprint density at radius 2 is 1.37 bits per heavy atom. The van der Waals surface area contributed by atoms with Crippen LogP contribution in [0.1, 0.15) is 23.0 Å². The van der Waals surface area contributed by atoms with Crippen molar-refractivity contribution in [1.82, 2.24) is 10.6 Å². The highest BCUT2D eigenvalue weighted by Crippen LogP contribution is 2.66. The van der Waals surface area contributed by atoms with Crippen LogP contribution in [0.4, 0.5) is 4.79 Å². The van der Waals surface area contributed by atoms with Crippen molar-refractivity contribution in [2.75, 3.05) is 67.4 Å². The number of methoxy groups -OCH3 is 2. The number of rotatable bonds is 13. The van der Waals surface area contributed by atoms with Gasteiger partial charge in [0.05, 0.1) is 47.3 Å². The quantitative estimate of drug-likeness (QED) is 0.330. The standard InChI is InChI=1S/C29H34N2O7/c1-30-8-10-36-12-13-37-11-9-31-29(33)38-16-23-24-21-14-17(34-2)4-6-19(21)26-27(28(26)32)20-7-5-18(35-3)15-22(20)25(23)24/h4-7,14-15,23-25,30H,8-13,16H2,1-3H3,(H,31,33)/t23?,24-,25+. The largest absolute Gasteiger partial charge is 0.497 e. The third-order valence-electron chi connectivity index (χ3n) is 7.38. The van der Waals surface area contributed by atoms with Gasteiger partial charge in [0.25, 0.3) is 0 Å². The van der Waals surface area contributed by atoms with E-state index in [0.717, 1.165) is 51.4 Å². The summed E-state index contributed by atoms with van der Waals surface area (Å²) in [6.07, 6.45) is -0.475. The van der Waals surface area contributed by atoms with Crippen molar-refractivity contribution in [1.29, 1.82) is 0 Å². The fraction of sp³-hybridized carbons (Fsp3) is 0.448. The number of ether oxygens (including phenoxy) is 5. The lowest BCUT2D eigenvalue weighted by Gasteiger charge is -2.14. The molecule has 2 aliphatic rings. The summed E-state index contributed by atoms with van der Waals surface area (Å²) < 4.78 is 27.5. The molecule has 0 saturated heterocycles. The van der Waals surface area contributed by atoms with Crippen LogP contribution in [-0.2, 0) is 14.2 Å². The fourth-order valence-corrected chi connectivity index (χ4v) is 5.40. The van der Waals surface area contributed by atoms with Gasteiger partial charge in [0.2, 0.25) is 0 Å². The van der Waals surface area contributed by atoms with E-state index in [0.29, 0.717) is 33.0 Å². The minimum atomic E-state index is -0.475. The molecule has 9 heteroatoms. The number of carbonyl (C=O) groups is 1. The van der Waals surface area contributed by atoms with E-state index in [1.165, 1.54) is 0 Å². The van der Waals surface area contributed by atoms with Gasteiger partial charge in [-0.3, -0.25) is 4.79 Å². The Kier molecular flexibility index (Phi) is 7.97. The van der Waals surface area contributed by atoms with E-state index in [1.54, 1.807) is 14.2 Å². The Labute approximate surface area is 222 Å². The molecule has 3 aromatic rings. The maximum absolute atomic E-state index is 12.9. The fourth-order valence-electron chi connectivity index (χ4n) is 5.40. The van der Waals surface area contributed by atoms with E-state index < -0.39 is 6.09 Å². The van der Waals surface area contributed by atoms with Crippen LogP contribution in [-0.4, -0.2) is 73.5 Å². The third kappa shape index (κ3) is 5.27. The monoisotopic (exact) mass is 522 g/mol. The summed E-state index contributed by atoms with van der Waals surface area (Å²) in [5.74, 6) is 1.72. The van der Waals surface area contributed by atoms with Crippen molar-refractivity contribution in [3.8, 4) is 33.8 Å². The van der Waals surface area contributed by atoms with E-state index in [-0.39, 0.29) is 29.8 Å². The maximum atomic E-state index is 12.9. The van der Waals surface area contributed by atoms with Crippen LogP contribution in [0.15, 0.2) is 41.2 Å². The molecule has 0 aliphatic heterocycles. The van der Waals surface area contributed by atoms with Crippen LogP contribution < -0.4 is 25.5 Å². The van der Waals surface area contributed by atoms with Gasteiger partial charge in [0.1, 0.15) is 11.5 Å². The first-order chi connectivity index (χ1) is 18.6. The van der Waals surface area contributed by atoms with Crippen molar-refractivity contribution in [3.63, 3.8) is 0 Å². The topological polar surface area (TPSA) is 104 Å². The molecule has 1 unspecified atom stereocenters. The first-order valence-corrected chi connectivity index (χ1v) is 12.9. The van der Waals surface area contributed by atoms with Crippen LogP contribution in [0.3, 0.4) is 0 Å². The molecule has 1 saturated carbocycles. The first kappa shape index (κ1) is 26.2. The van der Waals surface area contributed by atoms with Crippen molar-refractivity contribution in [2.45, 2.75) is 11.8 Å². The molecule has 0 aromatic heterocycles. The molecule has 2 aliphatic carbocycles. The smallest absolute Gasteiger partial charge is 0.407 e. The molecule has 1 amide bonds. The summed E-state index contributed by atoms with van der Waals surface area (Å²) in [6, 6.07) is 11.7. The van der Waals surface area contributed by atoms with E-state index in [2.05, 4.69) is 10.6 Å². The Bertz CT molecular complexity index is 1220. The van der Waals surface area contributed by atoms with Crippen LogP contribution >= 0.6 is 0 Å². The van der Waals surface area contributed by atoms with Crippen LogP contribution in [0, 0.1) is 5.92 Å². The summed E-state index contributed by atoms with van der Waals surface area (Å²) >= 11 is 0. The number of hydrogen-bond donors (Lipinski definition) is 2. The number of nitrogens with one attached hydrogen (secondary N) is 2. The average molecular weight is 523 g/mol. The molecule has 3 aromatic carbocycles. The predicted molar refractivity (Wildman–Crippen MR) is 143 cm³/mol. The van der Waals surface area contributed by atoms with Crippen molar-refractivity contribution in [2.24, 2.45) is 5.92 Å². The highest BCUT2D eigenvalue weighted by atomic mass is 16.6. The zero-order chi connectivity index (χ0) is 26.6. The van der Waals surface area contributed by atoms with E-state index in [4.69, 9.17) is 23.7 Å². The zero-order valence-electron chi connectivity index (χ0n) is 22.0. The number of fused-ring (bicyclic) bond motifs is 8. The van der Waals surface area contributed by atoms with Gasteiger partial charge < -0.3 is 34.3 Å². The van der Waals surface area contributed by atoms with Crippen molar-refractivity contribution in [3.05, 3.63) is 57.7 Å². The molecule has 38 heavy (non-hydrogen) atoms. The van der Waals surface area contributed by atoms with E-state index in [9.17, 15) is 9.59 Å². The second-order valence-electron chi connectivity index (χ2n) is 9.55. The number of hydrogen-bond acceptors (Lipinski definition) is 8. The minimum absolute atomic E-state index is 0.0669. The molecular weight excluding hydrogens is 488 g/mol. The third-order valence-corrected chi connectivity index (χ3v) is 7.38. The summed E-state index contributed by atoms with van der Waals surface area (Å²) in [5, 5.41) is 5.76. The number of alkyl carbamates (subject to hydrolysis) is 1. The lowest BCUT2D eigenvalue weighted by molar-refractivity contribution is 0.0497. The average Bonchev–Trinajstić information content (AvgIpc) is 3.82. The van der Waals surface area contributed by atoms with Crippen molar-refractivity contribution < 1.29 is 28.5 Å². The summed E-state index contributed by atoms with van der Waals surface area (Å²) in [5.41, 5.74) is 5.63. The Balaban J connectivity index is 1.24. The minimum Gasteiger partial charge on any atom is -0.497 e. The van der Waals surface area contributed by atoms with Gasteiger partial charge in [-0.15, -0.1) is 0 Å². The van der Waals surface area contributed by atoms with Gasteiger partial charge >= 0.3 is 6.09 Å². The van der Waals surface area contributed by atoms with Gasteiger partial charge in [0.15, 0.2) is 5.43 Å². The first-order valence-electron chi connectivity index (χ1n) is 12.9. The number of amides is 1. The second-order valence-corrected chi connectivity index (χ2v) is 9.55. The molecular formula is C29H34N2O7. The lowest BCUT2D eigenvalue weighted by atomic mass is 9.91. The van der Waals surface area contributed by atoms with Gasteiger partial charge in [-0.1, -0.05) is 12.1 Å². The van der Waals surface area contributed by atoms with E-state index >= 15 is 0 Å². The zero-order valence-corrected chi connectivity index (χ0v) is 22.0. The van der Waals surface area contributed by atoms with Crippen LogP contribution in [0.5, 0.6) is 11.5 Å². The highest BCUT2D eigenvalue weighted by Gasteiger charge is 2.56. The molecule has 0 heterocycles. The molecule has 1 fully saturated rings. The number of carbonyl (C=O) groups excluding carboxylic acids is 1. The van der Waals surface area contributed by atoms with Crippen molar-refractivity contribution >= 4 is 6.09 Å². The summed E-state index contributed by atoms with van der Waals surface area (Å²) in [7, 11) is 5.14. The summed E-state index contributed by atoms with van der Waals surface area (Å²) in [6.45, 7) is 3.41. The summed E-state index contributed by atoms with van der Waals surface area (Å²) in [4.78, 5) is 25.3. The normalized spacial score (nSPS) is 18.9. The molecule has 9 nitrogen and oxygen atoms in total. The van der Waals surface area contributed by atoms with Gasteiger partial charge in [-0.2, -0.15) is 0 Å². The lowest BCUT2D eigenvalue weighted by Crippen LogP contribution is -2.29. The predicted octanol–water partition coefficient (Wildman–Crippen LogP) is 3.06. The Hall–Kier alpha value is -3.40. The van der Waals surface area contributed by atoms with Gasteiger partial charge in [0, 0.05) is 30.1 Å². The molecule has 5 rings (SSSR count). The molecule has 0 spiro atoms. The molecule has 0 radical (unpaired) electrons. The highest BCUT2D eigenvalue weighted by molar-refractivity contribution is 5.98. The van der Waals surface area contributed by atoms with Crippen LogP contribution in [0.25, 0.3) is 22.3 Å². The maximum Gasteiger partial charge on any atom is 0.407 e. The second kappa shape index (κ2) is 11.6. The van der Waals surface area contributed by atoms with Crippen LogP contribution in [0.2, 0.25) is 0 Å². The Morgan fingerprint density at radius 1 is 0.816 bits per heavy atom. The number of benzene rings is 2. The molecule has 2 N–H and O–H groups in total. The van der Waals surface area contributed by atoms with Gasteiger partial charge in [-0.25, -0.2) is 4.79 Å². The van der Waals surface area contributed by atoms with E-state index in [1.807, 2.05) is 43.4 Å². The molecule has 0 bridgehead atoms. The SMILES string of the molecule is CNCCOCCOCCNC(=O)OCC1[C@H]2c3cc(OC)ccc3-c3c(c3=O)-c3ccc(OC)cc3[C@@H]12. The molecule has 202 valence electrons. The Morgan fingerprint density at radius 3 is 1.89 bits per heavy atom. The number of likely N-dealkylation sites (N-methyl/N-ethyl adjacent to an activating group) is 1. The molecule has 3 atom stereocenters.